The Labute approximate surface area is 97.0 Å². The molecule has 1 rings (SSSR count). The van der Waals surface area contributed by atoms with Gasteiger partial charge in [-0.2, -0.15) is 0 Å². The van der Waals surface area contributed by atoms with Crippen LogP contribution in [0.4, 0.5) is 0 Å². The van der Waals surface area contributed by atoms with Crippen molar-refractivity contribution in [1.29, 1.82) is 0 Å². The first-order valence-electron chi connectivity index (χ1n) is 5.69. The highest BCUT2D eigenvalue weighted by molar-refractivity contribution is 5.78. The van der Waals surface area contributed by atoms with Crippen molar-refractivity contribution in [2.75, 3.05) is 26.2 Å². The zero-order valence-corrected chi connectivity index (χ0v) is 9.83. The molecule has 1 saturated heterocycles. The Hall–Kier alpha value is -1.05. The van der Waals surface area contributed by atoms with Gasteiger partial charge in [0.2, 0.25) is 5.91 Å². The lowest BCUT2D eigenvalue weighted by atomic mass is 9.98. The summed E-state index contributed by atoms with van der Waals surface area (Å²) in [4.78, 5) is 13.5. The third kappa shape index (κ3) is 4.21. The minimum atomic E-state index is -0.624. The topological polar surface area (TPSA) is 52.6 Å². The van der Waals surface area contributed by atoms with E-state index in [1.807, 2.05) is 6.92 Å². The Kier molecular flexibility index (Phi) is 4.78. The van der Waals surface area contributed by atoms with Crippen LogP contribution in [0.15, 0.2) is 0 Å². The molecule has 90 valence electrons. The van der Waals surface area contributed by atoms with Gasteiger partial charge in [-0.3, -0.25) is 10.1 Å². The third-order valence-electron chi connectivity index (χ3n) is 2.92. The van der Waals surface area contributed by atoms with Gasteiger partial charge < -0.3 is 10.0 Å². The molecule has 0 aromatic heterocycles. The molecule has 4 heteroatoms. The van der Waals surface area contributed by atoms with Crippen LogP contribution in [0.5, 0.6) is 0 Å². The second-order valence-electron chi connectivity index (χ2n) is 4.54. The van der Waals surface area contributed by atoms with Crippen LogP contribution in [-0.2, 0) is 4.79 Å². The molecule has 1 fully saturated rings. The Morgan fingerprint density at radius 1 is 1.56 bits per heavy atom. The highest BCUT2D eigenvalue weighted by Crippen LogP contribution is 2.21. The summed E-state index contributed by atoms with van der Waals surface area (Å²) in [5.74, 6) is 2.49. The summed E-state index contributed by atoms with van der Waals surface area (Å²) in [6.45, 7) is 3.89. The van der Waals surface area contributed by atoms with Gasteiger partial charge in [-0.05, 0) is 26.2 Å². The molecule has 2 N–H and O–H groups in total. The van der Waals surface area contributed by atoms with Gasteiger partial charge in [-0.15, -0.1) is 6.42 Å². The molecule has 16 heavy (non-hydrogen) atoms. The molecule has 0 spiro atoms. The van der Waals surface area contributed by atoms with Crippen molar-refractivity contribution in [3.8, 4) is 12.3 Å². The second-order valence-corrected chi connectivity index (χ2v) is 4.54. The van der Waals surface area contributed by atoms with E-state index in [1.54, 1.807) is 4.90 Å². The maximum absolute atomic E-state index is 11.7. The zero-order valence-electron chi connectivity index (χ0n) is 9.83. The molecule has 1 atom stereocenters. The number of nitrogens with zero attached hydrogens (tertiary/aromatic N) is 1. The van der Waals surface area contributed by atoms with Crippen molar-refractivity contribution in [3.05, 3.63) is 0 Å². The van der Waals surface area contributed by atoms with Gasteiger partial charge >= 0.3 is 0 Å². The third-order valence-corrected chi connectivity index (χ3v) is 2.92. The number of nitrogens with one attached hydrogen (secondary N) is 1. The smallest absolute Gasteiger partial charge is 0.236 e. The predicted molar refractivity (Wildman–Crippen MR) is 62.8 cm³/mol. The number of hydrogen-bond acceptors (Lipinski definition) is 3. The number of aliphatic hydroxyl groups is 1. The first-order chi connectivity index (χ1) is 7.55. The van der Waals surface area contributed by atoms with E-state index in [1.165, 1.54) is 0 Å². The van der Waals surface area contributed by atoms with Crippen LogP contribution in [0.2, 0.25) is 0 Å². The van der Waals surface area contributed by atoms with Gasteiger partial charge in [0, 0.05) is 13.1 Å². The highest BCUT2D eigenvalue weighted by Gasteiger charge is 2.26. The number of amides is 1. The minimum absolute atomic E-state index is 0.0629. The average molecular weight is 224 g/mol. The molecular formula is C12H20N2O2. The summed E-state index contributed by atoms with van der Waals surface area (Å²) in [7, 11) is 0. The fourth-order valence-corrected chi connectivity index (χ4v) is 1.87. The SMILES string of the molecule is C#CCNCC(=O)N1CCCC(C)(O)CC1. The summed E-state index contributed by atoms with van der Waals surface area (Å²) in [5.41, 5.74) is -0.624. The van der Waals surface area contributed by atoms with Crippen molar-refractivity contribution < 1.29 is 9.90 Å². The van der Waals surface area contributed by atoms with Crippen molar-refractivity contribution >= 4 is 5.91 Å². The standard InChI is InChI=1S/C12H20N2O2/c1-3-7-13-10-11(15)14-8-4-5-12(2,16)6-9-14/h1,13,16H,4-10H2,2H3. The largest absolute Gasteiger partial charge is 0.390 e. The lowest BCUT2D eigenvalue weighted by molar-refractivity contribution is -0.130. The van der Waals surface area contributed by atoms with E-state index < -0.39 is 5.60 Å². The summed E-state index contributed by atoms with van der Waals surface area (Å²) in [5, 5.41) is 12.8. The molecule has 1 aliphatic heterocycles. The van der Waals surface area contributed by atoms with Gasteiger partial charge in [0.1, 0.15) is 0 Å². The monoisotopic (exact) mass is 224 g/mol. The molecule has 1 aliphatic rings. The van der Waals surface area contributed by atoms with Crippen molar-refractivity contribution in [3.63, 3.8) is 0 Å². The molecule has 1 heterocycles. The fraction of sp³-hybridized carbons (Fsp3) is 0.750. The molecule has 0 saturated carbocycles. The van der Waals surface area contributed by atoms with Crippen LogP contribution in [0, 0.1) is 12.3 Å². The quantitative estimate of drug-likeness (QED) is 0.523. The molecule has 0 bridgehead atoms. The van der Waals surface area contributed by atoms with E-state index >= 15 is 0 Å². The fourth-order valence-electron chi connectivity index (χ4n) is 1.87. The van der Waals surface area contributed by atoms with Crippen LogP contribution in [0.1, 0.15) is 26.2 Å². The van der Waals surface area contributed by atoms with Crippen molar-refractivity contribution in [1.82, 2.24) is 10.2 Å². The molecule has 0 aliphatic carbocycles. The number of likely N-dealkylation sites (tertiary alicyclic amines) is 1. The minimum Gasteiger partial charge on any atom is -0.390 e. The first kappa shape index (κ1) is 13.0. The Morgan fingerprint density at radius 3 is 3.00 bits per heavy atom. The molecule has 1 unspecified atom stereocenters. The highest BCUT2D eigenvalue weighted by atomic mass is 16.3. The number of carbonyl (C=O) groups excluding carboxylic acids is 1. The zero-order chi connectivity index (χ0) is 12.0. The van der Waals surface area contributed by atoms with E-state index in [-0.39, 0.29) is 12.5 Å². The molecule has 0 aromatic rings. The van der Waals surface area contributed by atoms with Crippen molar-refractivity contribution in [2.24, 2.45) is 0 Å². The number of hydrogen-bond donors (Lipinski definition) is 2. The van der Waals surface area contributed by atoms with Gasteiger partial charge in [0.25, 0.3) is 0 Å². The van der Waals surface area contributed by atoms with Crippen molar-refractivity contribution in [2.45, 2.75) is 31.8 Å². The molecular weight excluding hydrogens is 204 g/mol. The van der Waals surface area contributed by atoms with Crippen LogP contribution in [0.3, 0.4) is 0 Å². The van der Waals surface area contributed by atoms with Gasteiger partial charge in [0.05, 0.1) is 18.7 Å². The van der Waals surface area contributed by atoms with E-state index in [0.717, 1.165) is 19.4 Å². The first-order valence-corrected chi connectivity index (χ1v) is 5.69. The van der Waals surface area contributed by atoms with Crippen LogP contribution in [-0.4, -0.2) is 47.7 Å². The molecule has 0 radical (unpaired) electrons. The van der Waals surface area contributed by atoms with Gasteiger partial charge in [0.15, 0.2) is 0 Å². The maximum Gasteiger partial charge on any atom is 0.236 e. The van der Waals surface area contributed by atoms with E-state index in [4.69, 9.17) is 6.42 Å². The summed E-state index contributed by atoms with van der Waals surface area (Å²) >= 11 is 0. The van der Waals surface area contributed by atoms with E-state index in [9.17, 15) is 9.90 Å². The summed E-state index contributed by atoms with van der Waals surface area (Å²) in [6, 6.07) is 0. The summed E-state index contributed by atoms with van der Waals surface area (Å²) < 4.78 is 0. The van der Waals surface area contributed by atoms with E-state index in [2.05, 4.69) is 11.2 Å². The Bertz CT molecular complexity index is 281. The van der Waals surface area contributed by atoms with Crippen LogP contribution < -0.4 is 5.32 Å². The Balaban J connectivity index is 2.37. The molecule has 1 amide bonds. The van der Waals surface area contributed by atoms with Gasteiger partial charge in [-0.1, -0.05) is 5.92 Å². The lowest BCUT2D eigenvalue weighted by Gasteiger charge is -2.22. The lowest BCUT2D eigenvalue weighted by Crippen LogP contribution is -2.39. The average Bonchev–Trinajstić information content (AvgIpc) is 2.39. The van der Waals surface area contributed by atoms with E-state index in [0.29, 0.717) is 19.5 Å². The van der Waals surface area contributed by atoms with Crippen LogP contribution in [0.25, 0.3) is 0 Å². The number of terminal acetylenes is 1. The number of rotatable bonds is 3. The molecule has 4 nitrogen and oxygen atoms in total. The van der Waals surface area contributed by atoms with Crippen LogP contribution >= 0.6 is 0 Å². The normalized spacial score (nSPS) is 25.9. The predicted octanol–water partition coefficient (Wildman–Crippen LogP) is -0.0273. The molecule has 0 aromatic carbocycles. The maximum atomic E-state index is 11.7. The number of carbonyl (C=O) groups is 1. The van der Waals surface area contributed by atoms with Gasteiger partial charge in [-0.25, -0.2) is 0 Å². The second kappa shape index (κ2) is 5.88. The Morgan fingerprint density at radius 2 is 2.31 bits per heavy atom. The summed E-state index contributed by atoms with van der Waals surface area (Å²) in [6.07, 6.45) is 7.34.